The van der Waals surface area contributed by atoms with E-state index < -0.39 is 78.3 Å². The zero-order valence-corrected chi connectivity index (χ0v) is 38.5. The third-order valence-corrected chi connectivity index (χ3v) is 13.7. The lowest BCUT2D eigenvalue weighted by molar-refractivity contribution is -0.199. The summed E-state index contributed by atoms with van der Waals surface area (Å²) in [6, 6.07) is 10.8. The van der Waals surface area contributed by atoms with E-state index in [-0.39, 0.29) is 43.7 Å². The van der Waals surface area contributed by atoms with Crippen molar-refractivity contribution in [2.45, 2.75) is 154 Å². The Balaban J connectivity index is 1.17. The number of hydrogen-bond donors (Lipinski definition) is 8. The van der Waals surface area contributed by atoms with Crippen LogP contribution in [0.2, 0.25) is 0 Å². The average Bonchev–Trinajstić information content (AvgIpc) is 3.64. The summed E-state index contributed by atoms with van der Waals surface area (Å²) in [4.78, 5) is 79.8. The Hall–Kier alpha value is -4.84. The smallest absolute Gasteiger partial charge is 0.404 e. The summed E-state index contributed by atoms with van der Waals surface area (Å²) in [5.74, 6) is -3.38. The monoisotopic (exact) mass is 887 g/mol. The molecule has 4 fully saturated rings. The zero-order chi connectivity index (χ0) is 46.8. The molecule has 1 heterocycles. The first kappa shape index (κ1) is 50.2. The Morgan fingerprint density at radius 1 is 0.719 bits per heavy atom. The van der Waals surface area contributed by atoms with Gasteiger partial charge in [0.05, 0.1) is 17.6 Å². The molecule has 4 aliphatic rings. The number of nitrogens with two attached hydrogens (primary N) is 3. The van der Waals surface area contributed by atoms with Gasteiger partial charge in [-0.1, -0.05) is 63.6 Å². The predicted octanol–water partition coefficient (Wildman–Crippen LogP) is 2.78. The summed E-state index contributed by atoms with van der Waals surface area (Å²) in [6.07, 6.45) is 6.28. The predicted molar refractivity (Wildman–Crippen MR) is 246 cm³/mol. The van der Waals surface area contributed by atoms with Crippen LogP contribution in [0.5, 0.6) is 0 Å². The third kappa shape index (κ3) is 12.3. The maximum Gasteiger partial charge on any atom is 0.481 e. The SMILES string of the molecule is CCCCc1ccc(-c2ccc(C(=O)N[C@@H](CCN)C(=O)N[C@@H](CCC(N)=O)C(=O)N[C@@H](C)C(=O)N[C@@H](CCCCN)C(=O)N[C@@H](C)B3O[C@@H]4C[C@@H]5C[C@@H](C5(C)C)[C@]4(C)O3)cc2)cc1. The molecule has 9 atom stereocenters. The standard InChI is InChI=1S/C47H71BN8O8/c1-7-8-11-30-13-15-31(16-14-30)32-17-19-33(20-18-32)42(59)55-37(23-25-50)45(62)56-36(21-22-40(51)57)43(60)52-28(2)41(58)54-35(12-9-10-24-49)44(61)53-29(3)48-63-39-27-34-26-38(46(34,4)5)47(39,6)64-48/h13-20,28-29,34-39H,7-12,21-27,49-50H2,1-6H3,(H2,51,57)(H,52,60)(H,53,61)(H,54,58)(H,55,59)(H,56,62)/t28-,29-,34-,35-,36-,37-,38-,39+,47-/m0/s1. The zero-order valence-electron chi connectivity index (χ0n) is 38.5. The molecule has 0 unspecified atom stereocenters. The number of carbonyl (C=O) groups excluding carboxylic acids is 6. The highest BCUT2D eigenvalue weighted by molar-refractivity contribution is 6.47. The number of primary amides is 1. The van der Waals surface area contributed by atoms with Crippen LogP contribution in [0.15, 0.2) is 48.5 Å². The van der Waals surface area contributed by atoms with Crippen LogP contribution in [0.1, 0.15) is 122 Å². The lowest BCUT2D eigenvalue weighted by Crippen LogP contribution is -2.65. The van der Waals surface area contributed by atoms with Gasteiger partial charge in [-0.2, -0.15) is 0 Å². The highest BCUT2D eigenvalue weighted by atomic mass is 16.7. The molecule has 2 aromatic rings. The molecule has 0 spiro atoms. The minimum Gasteiger partial charge on any atom is -0.404 e. The van der Waals surface area contributed by atoms with Gasteiger partial charge >= 0.3 is 7.12 Å². The number of carbonyl (C=O) groups is 6. The normalized spacial score (nSPS) is 22.9. The van der Waals surface area contributed by atoms with Gasteiger partial charge in [0.1, 0.15) is 24.2 Å². The molecule has 0 aromatic heterocycles. The number of nitrogens with one attached hydrogen (secondary N) is 5. The van der Waals surface area contributed by atoms with E-state index >= 15 is 0 Å². The van der Waals surface area contributed by atoms with Crippen molar-refractivity contribution in [2.24, 2.45) is 34.5 Å². The molecule has 2 bridgehead atoms. The van der Waals surface area contributed by atoms with Crippen LogP contribution in [-0.4, -0.2) is 97.5 Å². The highest BCUT2D eigenvalue weighted by Gasteiger charge is 2.68. The van der Waals surface area contributed by atoms with E-state index in [0.717, 1.165) is 43.2 Å². The Kier molecular flexibility index (Phi) is 17.5. The fraction of sp³-hybridized carbons (Fsp3) is 0.617. The van der Waals surface area contributed by atoms with Gasteiger partial charge in [0.15, 0.2) is 0 Å². The summed E-state index contributed by atoms with van der Waals surface area (Å²) in [5.41, 5.74) is 20.2. The van der Waals surface area contributed by atoms with Crippen LogP contribution in [0.25, 0.3) is 11.1 Å². The van der Waals surface area contributed by atoms with Gasteiger partial charge in [0.2, 0.25) is 29.5 Å². The van der Waals surface area contributed by atoms with E-state index in [2.05, 4.69) is 78.5 Å². The van der Waals surface area contributed by atoms with Crippen molar-refractivity contribution in [3.63, 3.8) is 0 Å². The molecule has 2 aromatic carbocycles. The molecule has 1 aliphatic heterocycles. The number of aryl methyl sites for hydroxylation is 1. The van der Waals surface area contributed by atoms with Crippen molar-refractivity contribution < 1.29 is 38.1 Å². The van der Waals surface area contributed by atoms with E-state index in [1.54, 1.807) is 12.1 Å². The molecule has 1 saturated heterocycles. The van der Waals surface area contributed by atoms with Crippen LogP contribution in [0.3, 0.4) is 0 Å². The molecule has 16 nitrogen and oxygen atoms in total. The van der Waals surface area contributed by atoms with Crippen LogP contribution < -0.4 is 43.8 Å². The molecule has 0 radical (unpaired) electrons. The molecule has 17 heteroatoms. The minimum atomic E-state index is -1.31. The molecule has 350 valence electrons. The Morgan fingerprint density at radius 3 is 1.92 bits per heavy atom. The van der Waals surface area contributed by atoms with Crippen molar-refractivity contribution >= 4 is 42.6 Å². The number of hydrogen-bond acceptors (Lipinski definition) is 10. The molecular formula is C47H71BN8O8. The maximum absolute atomic E-state index is 13.7. The second kappa shape index (κ2) is 22.4. The number of amides is 6. The van der Waals surface area contributed by atoms with Crippen molar-refractivity contribution in [3.8, 4) is 11.1 Å². The van der Waals surface area contributed by atoms with Gasteiger partial charge in [0.25, 0.3) is 5.91 Å². The third-order valence-electron chi connectivity index (χ3n) is 13.7. The van der Waals surface area contributed by atoms with E-state index in [9.17, 15) is 28.8 Å². The fourth-order valence-electron chi connectivity index (χ4n) is 9.51. The van der Waals surface area contributed by atoms with Crippen molar-refractivity contribution in [3.05, 3.63) is 59.7 Å². The summed E-state index contributed by atoms with van der Waals surface area (Å²) in [7, 11) is -0.659. The summed E-state index contributed by atoms with van der Waals surface area (Å²) in [5, 5.41) is 13.7. The van der Waals surface area contributed by atoms with E-state index in [0.29, 0.717) is 36.8 Å². The van der Waals surface area contributed by atoms with Crippen molar-refractivity contribution in [1.29, 1.82) is 0 Å². The fourth-order valence-corrected chi connectivity index (χ4v) is 9.51. The molecule has 64 heavy (non-hydrogen) atoms. The topological polar surface area (TPSA) is 259 Å². The molecule has 6 rings (SSSR count). The second-order valence-electron chi connectivity index (χ2n) is 18.8. The van der Waals surface area contributed by atoms with Gasteiger partial charge in [0, 0.05) is 12.0 Å². The van der Waals surface area contributed by atoms with Gasteiger partial charge in [-0.05, 0) is 138 Å². The first-order valence-corrected chi connectivity index (χ1v) is 23.1. The summed E-state index contributed by atoms with van der Waals surface area (Å²) < 4.78 is 12.9. The first-order valence-electron chi connectivity index (χ1n) is 23.1. The quantitative estimate of drug-likeness (QED) is 0.0565. The molecule has 3 saturated carbocycles. The van der Waals surface area contributed by atoms with Crippen LogP contribution in [0, 0.1) is 17.3 Å². The average molecular weight is 887 g/mol. The Bertz CT molecular complexity index is 1950. The highest BCUT2D eigenvalue weighted by Crippen LogP contribution is 2.65. The largest absolute Gasteiger partial charge is 0.481 e. The first-order chi connectivity index (χ1) is 30.4. The van der Waals surface area contributed by atoms with Gasteiger partial charge in [-0.25, -0.2) is 0 Å². The van der Waals surface area contributed by atoms with Gasteiger partial charge in [-0.3, -0.25) is 28.8 Å². The lowest BCUT2D eigenvalue weighted by atomic mass is 9.43. The number of rotatable bonds is 24. The second-order valence-corrected chi connectivity index (χ2v) is 18.8. The van der Waals surface area contributed by atoms with E-state index in [1.165, 1.54) is 12.5 Å². The molecule has 11 N–H and O–H groups in total. The van der Waals surface area contributed by atoms with E-state index in [1.807, 2.05) is 19.1 Å². The van der Waals surface area contributed by atoms with Crippen molar-refractivity contribution in [1.82, 2.24) is 26.6 Å². The Morgan fingerprint density at radius 2 is 1.31 bits per heavy atom. The number of unbranched alkanes of at least 4 members (excludes halogenated alkanes) is 2. The molecule has 6 amide bonds. The lowest BCUT2D eigenvalue weighted by Gasteiger charge is -2.64. The van der Waals surface area contributed by atoms with Gasteiger partial charge < -0.3 is 53.1 Å². The summed E-state index contributed by atoms with van der Waals surface area (Å²) in [6.45, 7) is 12.5. The molecule has 3 aliphatic carbocycles. The van der Waals surface area contributed by atoms with E-state index in [4.69, 9.17) is 26.5 Å². The summed E-state index contributed by atoms with van der Waals surface area (Å²) >= 11 is 0. The maximum atomic E-state index is 13.7. The van der Waals surface area contributed by atoms with Crippen LogP contribution >= 0.6 is 0 Å². The van der Waals surface area contributed by atoms with Crippen LogP contribution in [-0.2, 0) is 39.7 Å². The van der Waals surface area contributed by atoms with Crippen molar-refractivity contribution in [2.75, 3.05) is 13.1 Å². The Labute approximate surface area is 378 Å². The molecular weight excluding hydrogens is 815 g/mol. The number of benzene rings is 2. The van der Waals surface area contributed by atoms with Crippen LogP contribution in [0.4, 0.5) is 0 Å². The van der Waals surface area contributed by atoms with Gasteiger partial charge in [-0.15, -0.1) is 0 Å². The minimum absolute atomic E-state index is 0.0412.